The van der Waals surface area contributed by atoms with Crippen LogP contribution >= 0.6 is 27.7 Å². The van der Waals surface area contributed by atoms with Gasteiger partial charge in [0.05, 0.1) is 5.75 Å². The maximum absolute atomic E-state index is 12.1. The Labute approximate surface area is 163 Å². The summed E-state index contributed by atoms with van der Waals surface area (Å²) in [7, 11) is 0. The van der Waals surface area contributed by atoms with Gasteiger partial charge in [0.25, 0.3) is 5.89 Å². The summed E-state index contributed by atoms with van der Waals surface area (Å²) >= 11 is 4.86. The van der Waals surface area contributed by atoms with Crippen LogP contribution in [0.2, 0.25) is 0 Å². The Balaban J connectivity index is 1.57. The number of aryl methyl sites for hydroxylation is 1. The highest BCUT2D eigenvalue weighted by Gasteiger charge is 2.19. The van der Waals surface area contributed by atoms with Crippen LogP contribution in [0.1, 0.15) is 24.5 Å². The molecule has 1 unspecified atom stereocenters. The maximum atomic E-state index is 12.1. The Morgan fingerprint density at radius 1 is 1.38 bits per heavy atom. The number of ether oxygens (including phenoxy) is 1. The summed E-state index contributed by atoms with van der Waals surface area (Å²) in [5.74, 6) is 0.528. The maximum Gasteiger partial charge on any atom is 0.317 e. The molecule has 0 spiro atoms. The van der Waals surface area contributed by atoms with Crippen LogP contribution in [0, 0.1) is 6.92 Å². The lowest BCUT2D eigenvalue weighted by atomic mass is 10.2. The topological polar surface area (TPSA) is 78.1 Å². The molecule has 26 heavy (non-hydrogen) atoms. The molecule has 1 aromatic carbocycles. The highest BCUT2D eigenvalue weighted by Crippen LogP contribution is 2.26. The van der Waals surface area contributed by atoms with E-state index in [1.165, 1.54) is 11.8 Å². The first-order valence-electron chi connectivity index (χ1n) is 7.85. The molecule has 6 nitrogen and oxygen atoms in total. The summed E-state index contributed by atoms with van der Waals surface area (Å²) in [5, 5.41) is 3.90. The Kier molecular flexibility index (Phi) is 6.05. The first-order chi connectivity index (χ1) is 12.5. The predicted molar refractivity (Wildman–Crippen MR) is 102 cm³/mol. The van der Waals surface area contributed by atoms with Crippen LogP contribution in [0.3, 0.4) is 0 Å². The van der Waals surface area contributed by atoms with Crippen molar-refractivity contribution in [3.05, 3.63) is 58.7 Å². The molecular formula is C18H16BrN3O3S. The van der Waals surface area contributed by atoms with E-state index in [2.05, 4.69) is 31.1 Å². The van der Waals surface area contributed by atoms with Crippen LogP contribution in [0.15, 0.2) is 56.6 Å². The number of carbonyl (C=O) groups excluding carboxylic acids is 1. The lowest BCUT2D eigenvalue weighted by Gasteiger charge is -2.10. The molecule has 0 aliphatic carbocycles. The quantitative estimate of drug-likeness (QED) is 0.415. The van der Waals surface area contributed by atoms with Crippen LogP contribution in [0.5, 0.6) is 0 Å². The van der Waals surface area contributed by atoms with Crippen molar-refractivity contribution in [2.75, 3.05) is 5.75 Å². The Bertz CT molecular complexity index is 902. The van der Waals surface area contributed by atoms with Gasteiger partial charge in [-0.3, -0.25) is 9.78 Å². The van der Waals surface area contributed by atoms with Gasteiger partial charge in [-0.2, -0.15) is 4.98 Å². The molecule has 0 fully saturated rings. The van der Waals surface area contributed by atoms with Crippen molar-refractivity contribution in [3.8, 4) is 11.4 Å². The van der Waals surface area contributed by atoms with Gasteiger partial charge >= 0.3 is 5.97 Å². The van der Waals surface area contributed by atoms with Crippen molar-refractivity contribution in [2.45, 2.75) is 24.8 Å². The van der Waals surface area contributed by atoms with E-state index in [1.54, 1.807) is 25.4 Å². The minimum absolute atomic E-state index is 0.205. The van der Waals surface area contributed by atoms with E-state index in [0.717, 1.165) is 20.5 Å². The molecule has 0 aliphatic rings. The largest absolute Gasteiger partial charge is 0.452 e. The van der Waals surface area contributed by atoms with E-state index in [9.17, 15) is 4.79 Å². The van der Waals surface area contributed by atoms with E-state index in [4.69, 9.17) is 9.26 Å². The molecule has 134 valence electrons. The number of rotatable bonds is 6. The first kappa shape index (κ1) is 18.6. The third kappa shape index (κ3) is 4.70. The minimum Gasteiger partial charge on any atom is -0.452 e. The molecule has 0 radical (unpaired) electrons. The zero-order valence-electron chi connectivity index (χ0n) is 14.2. The van der Waals surface area contributed by atoms with Crippen molar-refractivity contribution in [1.29, 1.82) is 0 Å². The van der Waals surface area contributed by atoms with Gasteiger partial charge in [-0.1, -0.05) is 21.1 Å². The molecule has 0 bridgehead atoms. The van der Waals surface area contributed by atoms with Crippen LogP contribution in [-0.4, -0.2) is 26.8 Å². The molecule has 0 amide bonds. The van der Waals surface area contributed by atoms with Crippen LogP contribution in [0.4, 0.5) is 0 Å². The van der Waals surface area contributed by atoms with Crippen molar-refractivity contribution in [3.63, 3.8) is 0 Å². The van der Waals surface area contributed by atoms with Gasteiger partial charge in [0.15, 0.2) is 6.10 Å². The highest BCUT2D eigenvalue weighted by atomic mass is 79.9. The third-order valence-electron chi connectivity index (χ3n) is 3.50. The Hall–Kier alpha value is -2.19. The minimum atomic E-state index is -0.618. The number of benzene rings is 1. The number of aromatic nitrogens is 3. The van der Waals surface area contributed by atoms with Crippen molar-refractivity contribution >= 4 is 33.7 Å². The number of hydrogen-bond donors (Lipinski definition) is 0. The fraction of sp³-hybridized carbons (Fsp3) is 0.222. The Morgan fingerprint density at radius 2 is 2.23 bits per heavy atom. The number of esters is 1. The average Bonchev–Trinajstić information content (AvgIpc) is 3.12. The van der Waals surface area contributed by atoms with Crippen molar-refractivity contribution in [2.24, 2.45) is 0 Å². The normalized spacial score (nSPS) is 12.0. The second-order valence-electron chi connectivity index (χ2n) is 5.53. The number of thioether (sulfide) groups is 1. The molecule has 0 saturated carbocycles. The number of pyridine rings is 1. The fourth-order valence-electron chi connectivity index (χ4n) is 2.21. The molecule has 2 aromatic heterocycles. The van der Waals surface area contributed by atoms with Gasteiger partial charge in [-0.05, 0) is 49.7 Å². The number of carbonyl (C=O) groups is 1. The summed E-state index contributed by atoms with van der Waals surface area (Å²) < 4.78 is 11.6. The van der Waals surface area contributed by atoms with E-state index in [-0.39, 0.29) is 17.6 Å². The number of halogens is 1. The number of nitrogens with zero attached hydrogens (tertiary/aromatic N) is 3. The summed E-state index contributed by atoms with van der Waals surface area (Å²) in [5.41, 5.74) is 1.84. The zero-order valence-corrected chi connectivity index (χ0v) is 16.6. The van der Waals surface area contributed by atoms with Crippen molar-refractivity contribution in [1.82, 2.24) is 15.1 Å². The molecule has 8 heteroatoms. The van der Waals surface area contributed by atoms with Gasteiger partial charge in [0.1, 0.15) is 0 Å². The van der Waals surface area contributed by atoms with Gasteiger partial charge in [0.2, 0.25) is 5.82 Å². The zero-order chi connectivity index (χ0) is 18.5. The highest BCUT2D eigenvalue weighted by molar-refractivity contribution is 9.10. The second kappa shape index (κ2) is 8.46. The summed E-state index contributed by atoms with van der Waals surface area (Å²) in [6, 6.07) is 9.54. The fourth-order valence-corrected chi connectivity index (χ4v) is 3.47. The molecule has 0 saturated heterocycles. The number of hydrogen-bond acceptors (Lipinski definition) is 7. The first-order valence-corrected chi connectivity index (χ1v) is 9.63. The van der Waals surface area contributed by atoms with Gasteiger partial charge in [-0.25, -0.2) is 0 Å². The molecule has 3 rings (SSSR count). The van der Waals surface area contributed by atoms with E-state index in [1.807, 2.05) is 31.2 Å². The summed E-state index contributed by atoms with van der Waals surface area (Å²) in [4.78, 5) is 21.4. The van der Waals surface area contributed by atoms with E-state index < -0.39 is 6.10 Å². The van der Waals surface area contributed by atoms with Gasteiger partial charge < -0.3 is 9.26 Å². The Morgan fingerprint density at radius 3 is 2.96 bits per heavy atom. The van der Waals surface area contributed by atoms with Crippen LogP contribution in [0.25, 0.3) is 11.4 Å². The molecule has 2 heterocycles. The smallest absolute Gasteiger partial charge is 0.317 e. The SMILES string of the molecule is Cc1cc(Br)ccc1SCC(=O)OC(C)c1nc(-c2cccnc2)no1. The standard InChI is InChI=1S/C18H16BrN3O3S/c1-11-8-14(19)5-6-15(11)26-10-16(23)24-12(2)18-21-17(22-25-18)13-4-3-7-20-9-13/h3-9,12H,10H2,1-2H3. The van der Waals surface area contributed by atoms with Gasteiger partial charge in [-0.15, -0.1) is 11.8 Å². The molecule has 0 N–H and O–H groups in total. The lowest BCUT2D eigenvalue weighted by Crippen LogP contribution is -2.11. The summed E-state index contributed by atoms with van der Waals surface area (Å²) in [6.07, 6.45) is 2.69. The van der Waals surface area contributed by atoms with E-state index >= 15 is 0 Å². The second-order valence-corrected chi connectivity index (χ2v) is 7.46. The van der Waals surface area contributed by atoms with Crippen LogP contribution in [-0.2, 0) is 9.53 Å². The molecule has 0 aliphatic heterocycles. The van der Waals surface area contributed by atoms with Gasteiger partial charge in [0, 0.05) is 27.3 Å². The molecular weight excluding hydrogens is 418 g/mol. The summed E-state index contributed by atoms with van der Waals surface area (Å²) in [6.45, 7) is 3.70. The van der Waals surface area contributed by atoms with Crippen LogP contribution < -0.4 is 0 Å². The van der Waals surface area contributed by atoms with E-state index in [0.29, 0.717) is 5.82 Å². The molecule has 3 aromatic rings. The third-order valence-corrected chi connectivity index (χ3v) is 5.14. The average molecular weight is 434 g/mol. The van der Waals surface area contributed by atoms with Crippen molar-refractivity contribution < 1.29 is 14.1 Å². The predicted octanol–water partition coefficient (Wildman–Crippen LogP) is 4.60. The molecule has 1 atom stereocenters. The lowest BCUT2D eigenvalue weighted by molar-refractivity contribution is -0.146. The monoisotopic (exact) mass is 433 g/mol.